The van der Waals surface area contributed by atoms with E-state index in [2.05, 4.69) is 82.5 Å². The summed E-state index contributed by atoms with van der Waals surface area (Å²) >= 11 is 0. The molecule has 0 fully saturated rings. The predicted octanol–water partition coefficient (Wildman–Crippen LogP) is -0.698. The lowest BCUT2D eigenvalue weighted by molar-refractivity contribution is -0.697. The van der Waals surface area contributed by atoms with Gasteiger partial charge in [-0.2, -0.15) is 0 Å². The summed E-state index contributed by atoms with van der Waals surface area (Å²) in [7, 11) is 0. The molecule has 0 spiro atoms. The maximum Gasteiger partial charge on any atom is 0.171 e. The molecule has 4 heteroatoms. The van der Waals surface area contributed by atoms with Crippen LogP contribution >= 0.6 is 0 Å². The zero-order chi connectivity index (χ0) is 19.3. The van der Waals surface area contributed by atoms with Gasteiger partial charge in [-0.1, -0.05) is 24.3 Å². The largest absolute Gasteiger partial charge is 1.00 e. The Morgan fingerprint density at radius 3 is 1.43 bits per heavy atom. The third-order valence-corrected chi connectivity index (χ3v) is 5.45. The summed E-state index contributed by atoms with van der Waals surface area (Å²) < 4.78 is 4.72. The van der Waals surface area contributed by atoms with E-state index >= 15 is 0 Å². The summed E-state index contributed by atoms with van der Waals surface area (Å²) in [5, 5.41) is 0. The van der Waals surface area contributed by atoms with E-state index in [1.54, 1.807) is 0 Å². The summed E-state index contributed by atoms with van der Waals surface area (Å²) in [6.07, 6.45) is 30.5. The van der Waals surface area contributed by atoms with Gasteiger partial charge in [0, 0.05) is 36.1 Å². The highest BCUT2D eigenvalue weighted by molar-refractivity contribution is 5.07. The van der Waals surface area contributed by atoms with Crippen LogP contribution in [0.2, 0.25) is 0 Å². The number of aromatic nitrogens is 2. The zero-order valence-electron chi connectivity index (χ0n) is 18.1. The van der Waals surface area contributed by atoms with Crippen LogP contribution in [0.15, 0.2) is 73.4 Å². The number of allylic oxidation sites excluding steroid dienone is 4. The van der Waals surface area contributed by atoms with Crippen LogP contribution in [0.5, 0.6) is 0 Å². The molecule has 0 N–H and O–H groups in total. The average molecular weight is 630 g/mol. The lowest BCUT2D eigenvalue weighted by atomic mass is 10.1. The quantitative estimate of drug-likeness (QED) is 0.207. The molecule has 0 atom stereocenters. The minimum atomic E-state index is 0. The van der Waals surface area contributed by atoms with Crippen molar-refractivity contribution in [3.8, 4) is 0 Å². The molecule has 0 saturated heterocycles. The molecule has 0 aromatic carbocycles. The topological polar surface area (TPSA) is 7.76 Å². The molecule has 0 unspecified atom stereocenters. The van der Waals surface area contributed by atoms with Crippen molar-refractivity contribution in [2.45, 2.75) is 77.3 Å². The van der Waals surface area contributed by atoms with Crippen molar-refractivity contribution < 1.29 is 57.1 Å². The molecule has 2 aromatic rings. The van der Waals surface area contributed by atoms with Gasteiger partial charge in [-0.25, -0.2) is 9.13 Å². The van der Waals surface area contributed by atoms with Crippen molar-refractivity contribution in [2.75, 3.05) is 0 Å². The molecule has 2 aromatic heterocycles. The van der Waals surface area contributed by atoms with Crippen LogP contribution < -0.4 is 57.1 Å². The Bertz CT molecular complexity index is 706. The highest BCUT2D eigenvalue weighted by Gasteiger charge is 2.04. The van der Waals surface area contributed by atoms with Gasteiger partial charge < -0.3 is 48.0 Å². The van der Waals surface area contributed by atoms with Crippen molar-refractivity contribution in [3.05, 3.63) is 84.5 Å². The Labute approximate surface area is 217 Å². The van der Waals surface area contributed by atoms with Crippen LogP contribution in [0.1, 0.15) is 62.5 Å². The molecule has 2 nitrogen and oxygen atoms in total. The van der Waals surface area contributed by atoms with E-state index in [0.29, 0.717) is 0 Å². The summed E-state index contributed by atoms with van der Waals surface area (Å²) in [5.41, 5.74) is 2.90. The number of rotatable bonds is 0. The van der Waals surface area contributed by atoms with Gasteiger partial charge in [-0.3, -0.25) is 0 Å². The van der Waals surface area contributed by atoms with E-state index in [1.807, 2.05) is 0 Å². The number of hydrogen-bond acceptors (Lipinski definition) is 0. The first-order valence-corrected chi connectivity index (χ1v) is 11.2. The fourth-order valence-corrected chi connectivity index (χ4v) is 3.81. The highest BCUT2D eigenvalue weighted by atomic mass is 127. The van der Waals surface area contributed by atoms with E-state index in [4.69, 9.17) is 0 Å². The van der Waals surface area contributed by atoms with Crippen LogP contribution in [0.25, 0.3) is 0 Å². The van der Waals surface area contributed by atoms with Gasteiger partial charge in [0.1, 0.15) is 13.1 Å². The molecular weight excluding hydrogens is 594 g/mol. The van der Waals surface area contributed by atoms with Gasteiger partial charge in [0.25, 0.3) is 0 Å². The molecule has 3 heterocycles. The van der Waals surface area contributed by atoms with Crippen LogP contribution in [0.4, 0.5) is 0 Å². The van der Waals surface area contributed by atoms with Crippen molar-refractivity contribution in [1.82, 2.24) is 0 Å². The summed E-state index contributed by atoms with van der Waals surface area (Å²) in [6, 6.07) is 8.92. The van der Waals surface area contributed by atoms with Crippen LogP contribution in [0, 0.1) is 0 Å². The van der Waals surface area contributed by atoms with E-state index in [-0.39, 0.29) is 48.0 Å². The predicted molar refractivity (Wildman–Crippen MR) is 116 cm³/mol. The van der Waals surface area contributed by atoms with E-state index < -0.39 is 0 Å². The molecule has 3 rings (SSSR count). The maximum absolute atomic E-state index is 2.37. The van der Waals surface area contributed by atoms with Crippen LogP contribution in [0.3, 0.4) is 0 Å². The smallest absolute Gasteiger partial charge is 0.171 e. The van der Waals surface area contributed by atoms with Gasteiger partial charge in [0.15, 0.2) is 24.8 Å². The Morgan fingerprint density at radius 2 is 0.967 bits per heavy atom. The van der Waals surface area contributed by atoms with Crippen molar-refractivity contribution in [2.24, 2.45) is 0 Å². The van der Waals surface area contributed by atoms with Crippen molar-refractivity contribution in [3.63, 3.8) is 0 Å². The number of pyridine rings is 2. The lowest BCUT2D eigenvalue weighted by Gasteiger charge is -2.01. The van der Waals surface area contributed by atoms with Crippen LogP contribution in [-0.2, 0) is 25.9 Å². The average Bonchev–Trinajstić information content (AvgIpc) is 2.72. The molecule has 1 aliphatic heterocycles. The second kappa shape index (κ2) is 16.9. The monoisotopic (exact) mass is 630 g/mol. The second-order valence-corrected chi connectivity index (χ2v) is 7.91. The van der Waals surface area contributed by atoms with E-state index in [9.17, 15) is 0 Å². The molecule has 164 valence electrons. The maximum atomic E-state index is 2.37. The van der Waals surface area contributed by atoms with Crippen molar-refractivity contribution >= 4 is 0 Å². The first-order valence-electron chi connectivity index (χ1n) is 11.2. The van der Waals surface area contributed by atoms with Gasteiger partial charge in [0.05, 0.1) is 0 Å². The molecule has 0 amide bonds. The minimum absolute atomic E-state index is 0. The second-order valence-electron chi connectivity index (χ2n) is 7.91. The molecular formula is C26H36I2N2. The third kappa shape index (κ3) is 11.0. The standard InChI is InChI=1S/C26H36N2.2HI/c1-3-7-11-19-27-21-14-18-26(24-27)16-10-6-2-4-8-12-20-28-22-13-17-25(23-28)15-9-5-1;;/h1-2,5-6,13-14,17-18,21-24H,3-4,7-12,15-16,19-20H2;2*1H/q+2;;/p-2/b5-1-,6-2-;;. The Morgan fingerprint density at radius 1 is 0.533 bits per heavy atom. The minimum Gasteiger partial charge on any atom is -1.00 e. The zero-order valence-corrected chi connectivity index (χ0v) is 22.4. The molecule has 0 aliphatic carbocycles. The SMILES string of the molecule is C1=C\CCc2ccc[n+](c2)CCCC/C=C\CCc2ccc[n+](c2)CCCC/1.[I-].[I-]. The number of fused-ring (bicyclic) bond motifs is 4. The Kier molecular flexibility index (Phi) is 15.3. The number of aryl methyl sites for hydroxylation is 4. The molecule has 1 aliphatic rings. The number of nitrogens with zero attached hydrogens (tertiary/aromatic N) is 2. The van der Waals surface area contributed by atoms with Crippen molar-refractivity contribution in [1.29, 1.82) is 0 Å². The first-order chi connectivity index (χ1) is 13.9. The van der Waals surface area contributed by atoms with Gasteiger partial charge in [-0.15, -0.1) is 0 Å². The molecule has 0 saturated carbocycles. The summed E-state index contributed by atoms with van der Waals surface area (Å²) in [6.45, 7) is 2.25. The number of hydrogen-bond donors (Lipinski definition) is 0. The number of halogens is 2. The molecule has 4 bridgehead atoms. The van der Waals surface area contributed by atoms with E-state index in [1.165, 1.54) is 49.7 Å². The van der Waals surface area contributed by atoms with Gasteiger partial charge >= 0.3 is 0 Å². The Balaban J connectivity index is 0.00000225. The molecule has 30 heavy (non-hydrogen) atoms. The first kappa shape index (κ1) is 27.3. The van der Waals surface area contributed by atoms with Gasteiger partial charge in [0.2, 0.25) is 0 Å². The normalized spacial score (nSPS) is 18.4. The molecule has 0 radical (unpaired) electrons. The highest BCUT2D eigenvalue weighted by Crippen LogP contribution is 2.06. The van der Waals surface area contributed by atoms with Crippen LogP contribution in [-0.4, -0.2) is 0 Å². The van der Waals surface area contributed by atoms with Gasteiger partial charge in [-0.05, 0) is 63.5 Å². The lowest BCUT2D eigenvalue weighted by Crippen LogP contribution is -3.00. The third-order valence-electron chi connectivity index (χ3n) is 5.45. The summed E-state index contributed by atoms with van der Waals surface area (Å²) in [5.74, 6) is 0. The Hall–Kier alpha value is -0.760. The fourth-order valence-electron chi connectivity index (χ4n) is 3.81. The van der Waals surface area contributed by atoms with E-state index in [0.717, 1.165) is 38.8 Å². The summed E-state index contributed by atoms with van der Waals surface area (Å²) in [4.78, 5) is 0. The fraction of sp³-hybridized carbons (Fsp3) is 0.462.